The number of hydrogen-bond acceptors (Lipinski definition) is 6. The van der Waals surface area contributed by atoms with Crippen LogP contribution < -0.4 is 23.0 Å². The number of rotatable bonds is 0. The standard InChI is InChI=1S/C10H8NS2.ClHO4/c1-7-6-12-10-11(7)8-4-2-3-5-9(8)13-10;2-1(3,4)5/h2-6H,1H3;(H,2,3,4,5)/q+1;/p-1. The molecule has 0 aliphatic rings. The van der Waals surface area contributed by atoms with E-state index in [2.05, 4.69) is 41.0 Å². The van der Waals surface area contributed by atoms with Crippen LogP contribution in [0.15, 0.2) is 29.6 Å². The Morgan fingerprint density at radius 1 is 1.11 bits per heavy atom. The van der Waals surface area contributed by atoms with Crippen LogP contribution in [0.25, 0.3) is 14.4 Å². The Balaban J connectivity index is 0.000000209. The molecule has 96 valence electrons. The lowest BCUT2D eigenvalue weighted by Crippen LogP contribution is -2.68. The van der Waals surface area contributed by atoms with Crippen molar-refractivity contribution in [3.8, 4) is 0 Å². The number of fused-ring (bicyclic) bond motifs is 3. The van der Waals surface area contributed by atoms with E-state index in [1.807, 2.05) is 22.7 Å². The minimum atomic E-state index is -4.94. The van der Waals surface area contributed by atoms with Gasteiger partial charge >= 0.3 is 4.14 Å². The summed E-state index contributed by atoms with van der Waals surface area (Å²) in [5, 5.41) is 2.21. The molecular formula is C10H8ClNO4S2. The van der Waals surface area contributed by atoms with Crippen LogP contribution in [0.5, 0.6) is 0 Å². The lowest BCUT2D eigenvalue weighted by Gasteiger charge is -2.17. The topological polar surface area (TPSA) is 96.3 Å². The van der Waals surface area contributed by atoms with Gasteiger partial charge < -0.3 is 0 Å². The molecule has 0 saturated carbocycles. The molecule has 0 atom stereocenters. The van der Waals surface area contributed by atoms with Gasteiger partial charge in [-0.3, -0.25) is 0 Å². The van der Waals surface area contributed by atoms with Gasteiger partial charge in [0.2, 0.25) is 5.52 Å². The molecule has 18 heavy (non-hydrogen) atoms. The van der Waals surface area contributed by atoms with E-state index in [0.29, 0.717) is 0 Å². The third-order valence-electron chi connectivity index (χ3n) is 2.17. The highest BCUT2D eigenvalue weighted by molar-refractivity contribution is 7.37. The van der Waals surface area contributed by atoms with E-state index in [-0.39, 0.29) is 0 Å². The summed E-state index contributed by atoms with van der Waals surface area (Å²) in [5.74, 6) is 0. The molecule has 0 fully saturated rings. The van der Waals surface area contributed by atoms with Gasteiger partial charge in [0.1, 0.15) is 4.70 Å². The molecule has 5 nitrogen and oxygen atoms in total. The van der Waals surface area contributed by atoms with Crippen molar-refractivity contribution in [2.45, 2.75) is 6.92 Å². The van der Waals surface area contributed by atoms with Crippen molar-refractivity contribution in [3.63, 3.8) is 0 Å². The largest absolute Gasteiger partial charge is 0.326 e. The molecule has 2 aromatic heterocycles. The van der Waals surface area contributed by atoms with Crippen LogP contribution in [0.1, 0.15) is 5.69 Å². The highest BCUT2D eigenvalue weighted by Crippen LogP contribution is 2.25. The smallest absolute Gasteiger partial charge is 0.222 e. The molecule has 0 amide bonds. The minimum absolute atomic E-state index is 1.33. The van der Waals surface area contributed by atoms with Crippen molar-refractivity contribution >= 4 is 37.0 Å². The van der Waals surface area contributed by atoms with Crippen LogP contribution in [0.2, 0.25) is 0 Å². The van der Waals surface area contributed by atoms with Crippen molar-refractivity contribution in [3.05, 3.63) is 35.3 Å². The number of nitrogens with zero attached hydrogens (tertiary/aromatic N) is 1. The average molecular weight is 306 g/mol. The van der Waals surface area contributed by atoms with Crippen molar-refractivity contribution in [2.75, 3.05) is 0 Å². The maximum absolute atomic E-state index is 8.49. The molecule has 0 unspecified atom stereocenters. The number of hydrogen-bond donors (Lipinski definition) is 0. The van der Waals surface area contributed by atoms with Crippen LogP contribution in [-0.4, -0.2) is 0 Å². The average Bonchev–Trinajstić information content (AvgIpc) is 2.76. The van der Waals surface area contributed by atoms with Crippen LogP contribution in [0.4, 0.5) is 0 Å². The second-order valence-electron chi connectivity index (χ2n) is 3.43. The van der Waals surface area contributed by atoms with Gasteiger partial charge in [-0.25, -0.2) is 18.6 Å². The van der Waals surface area contributed by atoms with Crippen LogP contribution in [0.3, 0.4) is 0 Å². The van der Waals surface area contributed by atoms with E-state index in [4.69, 9.17) is 18.6 Å². The van der Waals surface area contributed by atoms with Gasteiger partial charge in [-0.15, -0.1) is 14.6 Å². The molecule has 3 rings (SSSR count). The Kier molecular flexibility index (Phi) is 3.83. The number of halogens is 1. The Bertz CT molecular complexity index is 667. The number of thiazole rings is 2. The van der Waals surface area contributed by atoms with Gasteiger partial charge in [-0.05, 0) is 6.07 Å². The van der Waals surface area contributed by atoms with Crippen molar-refractivity contribution < 1.29 is 33.3 Å². The van der Waals surface area contributed by atoms with Gasteiger partial charge in [-0.1, -0.05) is 34.8 Å². The summed E-state index contributed by atoms with van der Waals surface area (Å²) in [6.07, 6.45) is 0. The predicted octanol–water partition coefficient (Wildman–Crippen LogP) is -1.75. The Morgan fingerprint density at radius 3 is 2.39 bits per heavy atom. The van der Waals surface area contributed by atoms with E-state index in [1.165, 1.54) is 20.1 Å². The zero-order valence-electron chi connectivity index (χ0n) is 9.16. The highest BCUT2D eigenvalue weighted by Gasteiger charge is 2.16. The second-order valence-corrected chi connectivity index (χ2v) is 6.33. The molecular weight excluding hydrogens is 298 g/mol. The molecule has 0 aliphatic carbocycles. The Morgan fingerprint density at radius 2 is 1.72 bits per heavy atom. The third-order valence-corrected chi connectivity index (χ3v) is 4.47. The zero-order chi connectivity index (χ0) is 13.3. The first kappa shape index (κ1) is 13.6. The quantitative estimate of drug-likeness (QED) is 0.460. The molecule has 0 radical (unpaired) electrons. The highest BCUT2D eigenvalue weighted by atomic mass is 35.7. The Hall–Kier alpha value is -0.800. The number of para-hydroxylation sites is 1. The maximum Gasteiger partial charge on any atom is 0.326 e. The first-order valence-electron chi connectivity index (χ1n) is 4.75. The lowest BCUT2D eigenvalue weighted by atomic mass is 10.3. The normalized spacial score (nSPS) is 11.6. The fourth-order valence-corrected chi connectivity index (χ4v) is 3.83. The summed E-state index contributed by atoms with van der Waals surface area (Å²) in [5.41, 5.74) is 2.67. The Labute approximate surface area is 113 Å². The van der Waals surface area contributed by atoms with E-state index in [0.717, 1.165) is 0 Å². The SMILES string of the molecule is Cc1csc2sc3ccccc3[n+]12.[O-][Cl+3]([O-])([O-])[O-]. The molecule has 0 aliphatic heterocycles. The summed E-state index contributed by atoms with van der Waals surface area (Å²) in [6.45, 7) is 2.16. The summed E-state index contributed by atoms with van der Waals surface area (Å²) >= 11 is 3.69. The number of aryl methyl sites for hydroxylation is 1. The van der Waals surface area contributed by atoms with E-state index >= 15 is 0 Å². The van der Waals surface area contributed by atoms with E-state index in [9.17, 15) is 0 Å². The van der Waals surface area contributed by atoms with Gasteiger partial charge in [0, 0.05) is 13.0 Å². The molecule has 0 spiro atoms. The molecule has 1 aromatic carbocycles. The molecule has 3 aromatic rings. The zero-order valence-corrected chi connectivity index (χ0v) is 11.6. The van der Waals surface area contributed by atoms with Gasteiger partial charge in [-0.2, -0.15) is 0 Å². The first-order valence-corrected chi connectivity index (χ1v) is 7.68. The second kappa shape index (κ2) is 5.06. The minimum Gasteiger partial charge on any atom is -0.222 e. The molecule has 0 saturated heterocycles. The predicted molar refractivity (Wildman–Crippen MR) is 57.6 cm³/mol. The summed E-state index contributed by atoms with van der Waals surface area (Å²) in [4.78, 5) is 0. The summed E-state index contributed by atoms with van der Waals surface area (Å²) < 4.78 is 39.0. The van der Waals surface area contributed by atoms with Gasteiger partial charge in [0.15, 0.2) is 5.69 Å². The fourth-order valence-electron chi connectivity index (χ4n) is 1.57. The van der Waals surface area contributed by atoms with E-state index in [1.54, 1.807) is 0 Å². The van der Waals surface area contributed by atoms with Crippen LogP contribution in [-0.2, 0) is 0 Å². The molecule has 0 N–H and O–H groups in total. The summed E-state index contributed by atoms with van der Waals surface area (Å²) in [6, 6.07) is 8.55. The van der Waals surface area contributed by atoms with Crippen LogP contribution >= 0.6 is 22.7 Å². The van der Waals surface area contributed by atoms with Gasteiger partial charge in [0.25, 0.3) is 0 Å². The first-order chi connectivity index (χ1) is 8.36. The number of benzene rings is 1. The fraction of sp³-hybridized carbons (Fsp3) is 0.100. The van der Waals surface area contributed by atoms with Gasteiger partial charge in [0.05, 0.1) is 5.38 Å². The van der Waals surface area contributed by atoms with Crippen LogP contribution in [0, 0.1) is 17.2 Å². The molecule has 0 bridgehead atoms. The summed E-state index contributed by atoms with van der Waals surface area (Å²) in [7, 11) is -4.94. The molecule has 2 heterocycles. The monoisotopic (exact) mass is 305 g/mol. The number of aromatic nitrogens is 1. The van der Waals surface area contributed by atoms with Crippen molar-refractivity contribution in [2.24, 2.45) is 0 Å². The molecule has 8 heteroatoms. The lowest BCUT2D eigenvalue weighted by molar-refractivity contribution is -2.00. The third kappa shape index (κ3) is 3.15. The van der Waals surface area contributed by atoms with E-state index < -0.39 is 10.2 Å². The maximum atomic E-state index is 8.49. The van der Waals surface area contributed by atoms with Crippen molar-refractivity contribution in [1.82, 2.24) is 0 Å². The van der Waals surface area contributed by atoms with Crippen molar-refractivity contribution in [1.29, 1.82) is 0 Å².